The van der Waals surface area contributed by atoms with E-state index in [1.165, 1.54) is 0 Å². The van der Waals surface area contributed by atoms with Gasteiger partial charge in [0.2, 0.25) is 0 Å². The molecule has 2 amide bonds. The first-order valence-corrected chi connectivity index (χ1v) is 7.07. The van der Waals surface area contributed by atoms with Crippen molar-refractivity contribution in [3.05, 3.63) is 24.3 Å². The minimum absolute atomic E-state index is 0.178. The van der Waals surface area contributed by atoms with Gasteiger partial charge >= 0.3 is 6.03 Å². The molecule has 0 aliphatic carbocycles. The van der Waals surface area contributed by atoms with Crippen molar-refractivity contribution in [2.75, 3.05) is 25.1 Å². The fraction of sp³-hybridized carbons (Fsp3) is 0.438. The molecule has 1 aromatic carbocycles. The Morgan fingerprint density at radius 1 is 1.52 bits per heavy atom. The molecule has 2 rings (SSSR count). The van der Waals surface area contributed by atoms with Gasteiger partial charge in [-0.05, 0) is 31.9 Å². The van der Waals surface area contributed by atoms with Crippen molar-refractivity contribution in [1.29, 1.82) is 0 Å². The smallest absolute Gasteiger partial charge is 0.319 e. The summed E-state index contributed by atoms with van der Waals surface area (Å²) in [6.45, 7) is 3.42. The molecule has 0 aromatic heterocycles. The molecule has 1 aromatic rings. The van der Waals surface area contributed by atoms with Gasteiger partial charge in [-0.3, -0.25) is 0 Å². The normalized spacial score (nSPS) is 16.7. The van der Waals surface area contributed by atoms with Crippen molar-refractivity contribution in [2.45, 2.75) is 25.9 Å². The van der Waals surface area contributed by atoms with Gasteiger partial charge in [-0.25, -0.2) is 4.79 Å². The monoisotopic (exact) mass is 288 g/mol. The van der Waals surface area contributed by atoms with Gasteiger partial charge in [0.1, 0.15) is 12.4 Å². The van der Waals surface area contributed by atoms with Crippen LogP contribution in [0, 0.1) is 11.8 Å². The number of urea groups is 1. The van der Waals surface area contributed by atoms with E-state index in [1.54, 1.807) is 13.0 Å². The quantitative estimate of drug-likeness (QED) is 0.818. The van der Waals surface area contributed by atoms with Gasteiger partial charge in [0.15, 0.2) is 0 Å². The second-order valence-electron chi connectivity index (χ2n) is 4.71. The second kappa shape index (κ2) is 8.18. The number of anilines is 1. The first kappa shape index (κ1) is 15.2. The van der Waals surface area contributed by atoms with Crippen LogP contribution in [0.2, 0.25) is 0 Å². The highest BCUT2D eigenvalue weighted by Gasteiger charge is 2.16. The summed E-state index contributed by atoms with van der Waals surface area (Å²) in [5.41, 5.74) is 0.682. The number of hydrogen-bond acceptors (Lipinski definition) is 3. The molecule has 5 heteroatoms. The highest BCUT2D eigenvalue weighted by atomic mass is 16.5. The summed E-state index contributed by atoms with van der Waals surface area (Å²) in [5, 5.41) is 5.38. The third-order valence-corrected chi connectivity index (χ3v) is 3.07. The van der Waals surface area contributed by atoms with E-state index in [9.17, 15) is 4.79 Å². The van der Waals surface area contributed by atoms with Gasteiger partial charge in [0.05, 0.1) is 12.6 Å². The SMILES string of the molecule is CC#CCNC(=O)Nc1cccc(OC[C@H]2CCCO2)c1. The van der Waals surface area contributed by atoms with Gasteiger partial charge in [-0.2, -0.15) is 0 Å². The van der Waals surface area contributed by atoms with E-state index in [-0.39, 0.29) is 12.1 Å². The van der Waals surface area contributed by atoms with Crippen LogP contribution in [0.4, 0.5) is 10.5 Å². The van der Waals surface area contributed by atoms with E-state index in [2.05, 4.69) is 22.5 Å². The molecule has 0 unspecified atom stereocenters. The molecule has 5 nitrogen and oxygen atoms in total. The summed E-state index contributed by atoms with van der Waals surface area (Å²) in [6, 6.07) is 7.02. The summed E-state index contributed by atoms with van der Waals surface area (Å²) >= 11 is 0. The standard InChI is InChI=1S/C16H20N2O3/c1-2-3-9-17-16(19)18-13-6-4-7-14(11-13)21-12-15-8-5-10-20-15/h4,6-7,11,15H,5,8-10,12H2,1H3,(H2,17,18,19)/t15-/m1/s1. The lowest BCUT2D eigenvalue weighted by Crippen LogP contribution is -2.28. The van der Waals surface area contributed by atoms with Gasteiger partial charge in [-0.1, -0.05) is 12.0 Å². The molecule has 2 N–H and O–H groups in total. The molecule has 0 radical (unpaired) electrons. The Hall–Kier alpha value is -2.19. The molecule has 1 aliphatic rings. The van der Waals surface area contributed by atoms with Crippen LogP contribution in [0.1, 0.15) is 19.8 Å². The van der Waals surface area contributed by atoms with Gasteiger partial charge in [-0.15, -0.1) is 5.92 Å². The summed E-state index contributed by atoms with van der Waals surface area (Å²) in [6.07, 6.45) is 2.31. The largest absolute Gasteiger partial charge is 0.491 e. The summed E-state index contributed by atoms with van der Waals surface area (Å²) < 4.78 is 11.2. The molecule has 0 bridgehead atoms. The third kappa shape index (κ3) is 5.36. The van der Waals surface area contributed by atoms with Gasteiger partial charge in [0.25, 0.3) is 0 Å². The lowest BCUT2D eigenvalue weighted by atomic mass is 10.2. The number of hydrogen-bond donors (Lipinski definition) is 2. The molecule has 1 saturated heterocycles. The number of amides is 2. The van der Waals surface area contributed by atoms with E-state index >= 15 is 0 Å². The van der Waals surface area contributed by atoms with Crippen LogP contribution in [0.5, 0.6) is 5.75 Å². The molecule has 1 atom stereocenters. The Balaban J connectivity index is 1.81. The third-order valence-electron chi connectivity index (χ3n) is 3.07. The summed E-state index contributed by atoms with van der Waals surface area (Å²) in [5.74, 6) is 6.20. The Labute approximate surface area is 125 Å². The van der Waals surface area contributed by atoms with E-state index < -0.39 is 0 Å². The number of ether oxygens (including phenoxy) is 2. The van der Waals surface area contributed by atoms with Gasteiger partial charge < -0.3 is 20.1 Å². The molecule has 21 heavy (non-hydrogen) atoms. The van der Waals surface area contributed by atoms with Crippen molar-refractivity contribution in [3.63, 3.8) is 0 Å². The molecular formula is C16H20N2O3. The Morgan fingerprint density at radius 3 is 3.19 bits per heavy atom. The fourth-order valence-electron chi connectivity index (χ4n) is 2.02. The molecule has 1 aliphatic heterocycles. The van der Waals surface area contributed by atoms with E-state index in [1.807, 2.05) is 18.2 Å². The zero-order valence-electron chi connectivity index (χ0n) is 12.1. The molecule has 1 fully saturated rings. The number of benzene rings is 1. The first-order valence-electron chi connectivity index (χ1n) is 7.07. The lowest BCUT2D eigenvalue weighted by Gasteiger charge is -2.12. The predicted molar refractivity (Wildman–Crippen MR) is 81.4 cm³/mol. The topological polar surface area (TPSA) is 59.6 Å². The van der Waals surface area contributed by atoms with E-state index in [0.29, 0.717) is 18.8 Å². The van der Waals surface area contributed by atoms with Crippen molar-refractivity contribution >= 4 is 11.7 Å². The van der Waals surface area contributed by atoms with Crippen molar-refractivity contribution in [2.24, 2.45) is 0 Å². The van der Waals surface area contributed by atoms with Crippen LogP contribution >= 0.6 is 0 Å². The first-order chi connectivity index (χ1) is 10.3. The van der Waals surface area contributed by atoms with E-state index in [4.69, 9.17) is 9.47 Å². The van der Waals surface area contributed by atoms with Crippen LogP contribution in [0.3, 0.4) is 0 Å². The summed E-state index contributed by atoms with van der Waals surface area (Å²) in [7, 11) is 0. The number of carbonyl (C=O) groups excluding carboxylic acids is 1. The second-order valence-corrected chi connectivity index (χ2v) is 4.71. The molecule has 0 spiro atoms. The predicted octanol–water partition coefficient (Wildman–Crippen LogP) is 2.39. The molecule has 112 valence electrons. The highest BCUT2D eigenvalue weighted by Crippen LogP contribution is 2.19. The molecule has 0 saturated carbocycles. The highest BCUT2D eigenvalue weighted by molar-refractivity contribution is 5.89. The van der Waals surface area contributed by atoms with Crippen LogP contribution in [-0.2, 0) is 4.74 Å². The Kier molecular flexibility index (Phi) is 5.92. The minimum atomic E-state index is -0.283. The maximum absolute atomic E-state index is 11.6. The summed E-state index contributed by atoms with van der Waals surface area (Å²) in [4.78, 5) is 11.6. The van der Waals surface area contributed by atoms with Crippen LogP contribution in [0.25, 0.3) is 0 Å². The number of carbonyl (C=O) groups is 1. The Morgan fingerprint density at radius 2 is 2.43 bits per heavy atom. The fourth-order valence-corrected chi connectivity index (χ4v) is 2.02. The van der Waals surface area contributed by atoms with Crippen LogP contribution < -0.4 is 15.4 Å². The number of rotatable bonds is 5. The van der Waals surface area contributed by atoms with Crippen LogP contribution in [0.15, 0.2) is 24.3 Å². The average molecular weight is 288 g/mol. The minimum Gasteiger partial charge on any atom is -0.491 e. The van der Waals surface area contributed by atoms with Crippen molar-refractivity contribution in [3.8, 4) is 17.6 Å². The average Bonchev–Trinajstić information content (AvgIpc) is 2.99. The van der Waals surface area contributed by atoms with E-state index in [0.717, 1.165) is 25.2 Å². The maximum atomic E-state index is 11.6. The number of nitrogens with one attached hydrogen (secondary N) is 2. The zero-order chi connectivity index (χ0) is 14.9. The van der Waals surface area contributed by atoms with Gasteiger partial charge in [0, 0.05) is 18.4 Å². The van der Waals surface area contributed by atoms with Crippen molar-refractivity contribution < 1.29 is 14.3 Å². The Bertz CT molecular complexity index is 528. The molecular weight excluding hydrogens is 268 g/mol. The maximum Gasteiger partial charge on any atom is 0.319 e. The lowest BCUT2D eigenvalue weighted by molar-refractivity contribution is 0.0680. The molecule has 1 heterocycles. The zero-order valence-corrected chi connectivity index (χ0v) is 12.1. The van der Waals surface area contributed by atoms with Crippen LogP contribution in [-0.4, -0.2) is 31.9 Å². The van der Waals surface area contributed by atoms with Crippen molar-refractivity contribution in [1.82, 2.24) is 5.32 Å².